The fourth-order valence-corrected chi connectivity index (χ4v) is 4.39. The van der Waals surface area contributed by atoms with Gasteiger partial charge in [0.2, 0.25) is 12.3 Å². The van der Waals surface area contributed by atoms with Crippen molar-refractivity contribution < 1.29 is 13.6 Å². The van der Waals surface area contributed by atoms with Crippen molar-refractivity contribution in [3.8, 4) is 0 Å². The van der Waals surface area contributed by atoms with Gasteiger partial charge in [0, 0.05) is 24.0 Å². The number of nitrogens with zero attached hydrogens (tertiary/aromatic N) is 3. The number of hydrogen-bond acceptors (Lipinski definition) is 6. The highest BCUT2D eigenvalue weighted by Gasteiger charge is 2.22. The summed E-state index contributed by atoms with van der Waals surface area (Å²) in [5.41, 5.74) is 2.26. The number of H-pyrrole nitrogens is 1. The molecule has 0 aliphatic carbocycles. The van der Waals surface area contributed by atoms with Crippen molar-refractivity contribution in [1.82, 2.24) is 19.9 Å². The fraction of sp³-hybridized carbons (Fsp3) is 0.353. The van der Waals surface area contributed by atoms with Crippen LogP contribution in [-0.4, -0.2) is 58.1 Å². The van der Waals surface area contributed by atoms with Gasteiger partial charge in [0.1, 0.15) is 0 Å². The van der Waals surface area contributed by atoms with Crippen LogP contribution in [0.3, 0.4) is 0 Å². The summed E-state index contributed by atoms with van der Waals surface area (Å²) in [5.74, 6) is -0.410. The molecule has 1 atom stereocenters. The molecular weight excluding hydrogens is 392 g/mol. The first-order valence-corrected chi connectivity index (χ1v) is 9.98. The van der Waals surface area contributed by atoms with Crippen molar-refractivity contribution in [2.45, 2.75) is 23.2 Å². The van der Waals surface area contributed by atoms with Crippen molar-refractivity contribution in [2.24, 2.45) is 0 Å². The van der Waals surface area contributed by atoms with Crippen LogP contribution in [-0.2, 0) is 11.2 Å². The number of alkyl halides is 2. The predicted molar refractivity (Wildman–Crippen MR) is 105 cm³/mol. The van der Waals surface area contributed by atoms with Crippen LogP contribution in [0, 0.1) is 0 Å². The van der Waals surface area contributed by atoms with Gasteiger partial charge in [-0.05, 0) is 32.3 Å². The molecule has 1 aromatic carbocycles. The third-order valence-electron chi connectivity index (χ3n) is 3.86. The zero-order chi connectivity index (χ0) is 19.4. The maximum atomic E-state index is 12.7. The third kappa shape index (κ3) is 5.24. The van der Waals surface area contributed by atoms with Gasteiger partial charge in [-0.15, -0.1) is 11.3 Å². The number of halogens is 2. The number of likely N-dealkylation sites (N-methyl/N-ethyl adjacent to an activating group) is 1. The van der Waals surface area contributed by atoms with E-state index in [2.05, 4.69) is 20.3 Å². The van der Waals surface area contributed by atoms with E-state index >= 15 is 0 Å². The maximum absolute atomic E-state index is 12.7. The van der Waals surface area contributed by atoms with Crippen molar-refractivity contribution in [3.63, 3.8) is 0 Å². The van der Waals surface area contributed by atoms with E-state index in [4.69, 9.17) is 0 Å². The van der Waals surface area contributed by atoms with Crippen LogP contribution in [0.2, 0.25) is 0 Å². The minimum absolute atomic E-state index is 0.134. The zero-order valence-corrected chi connectivity index (χ0v) is 16.4. The SMILES string of the molecule is CN(C)C(Cc1cnc[nH]1)C(=O)Nc1ccc2nc(SCC(F)F)sc2c1. The van der Waals surface area contributed by atoms with Gasteiger partial charge in [0.25, 0.3) is 0 Å². The second kappa shape index (κ2) is 8.77. The normalized spacial score (nSPS) is 12.8. The molecule has 27 heavy (non-hydrogen) atoms. The van der Waals surface area contributed by atoms with Gasteiger partial charge in [0.05, 0.1) is 28.3 Å². The minimum Gasteiger partial charge on any atom is -0.348 e. The quantitative estimate of drug-likeness (QED) is 0.555. The van der Waals surface area contributed by atoms with Gasteiger partial charge < -0.3 is 10.3 Å². The number of carbonyl (C=O) groups excluding carboxylic acids is 1. The van der Waals surface area contributed by atoms with E-state index in [0.717, 1.165) is 27.7 Å². The van der Waals surface area contributed by atoms with Gasteiger partial charge in [0.15, 0.2) is 4.34 Å². The molecule has 3 aromatic rings. The summed E-state index contributed by atoms with van der Waals surface area (Å²) in [6.45, 7) is 0. The number of aromatic amines is 1. The third-order valence-corrected chi connectivity index (χ3v) is 6.04. The lowest BCUT2D eigenvalue weighted by molar-refractivity contribution is -0.120. The predicted octanol–water partition coefficient (Wildman–Crippen LogP) is 3.49. The summed E-state index contributed by atoms with van der Waals surface area (Å²) >= 11 is 2.38. The van der Waals surface area contributed by atoms with Crippen LogP contribution < -0.4 is 5.32 Å². The van der Waals surface area contributed by atoms with E-state index in [1.54, 1.807) is 24.7 Å². The molecule has 6 nitrogen and oxygen atoms in total. The summed E-state index contributed by atoms with van der Waals surface area (Å²) in [6, 6.07) is 5.01. The lowest BCUT2D eigenvalue weighted by Crippen LogP contribution is -2.41. The summed E-state index contributed by atoms with van der Waals surface area (Å²) in [7, 11) is 3.69. The van der Waals surface area contributed by atoms with Gasteiger partial charge >= 0.3 is 0 Å². The Hall–Kier alpha value is -2.04. The lowest BCUT2D eigenvalue weighted by Gasteiger charge is -2.22. The fourth-order valence-electron chi connectivity index (χ4n) is 2.52. The zero-order valence-electron chi connectivity index (χ0n) is 14.8. The van der Waals surface area contributed by atoms with E-state index in [-0.39, 0.29) is 17.7 Å². The molecule has 0 bridgehead atoms. The van der Waals surface area contributed by atoms with Crippen molar-refractivity contribution in [3.05, 3.63) is 36.4 Å². The number of imidazole rings is 1. The monoisotopic (exact) mass is 411 g/mol. The average Bonchev–Trinajstić information content (AvgIpc) is 3.26. The highest BCUT2D eigenvalue weighted by atomic mass is 32.2. The number of benzene rings is 1. The van der Waals surface area contributed by atoms with Crippen LogP contribution in [0.1, 0.15) is 5.69 Å². The number of hydrogen-bond donors (Lipinski definition) is 2. The van der Waals surface area contributed by atoms with Crippen LogP contribution in [0.4, 0.5) is 14.5 Å². The molecule has 0 fully saturated rings. The Bertz CT molecular complexity index is 898. The first-order chi connectivity index (χ1) is 12.9. The molecule has 1 amide bonds. The number of thiazole rings is 1. The van der Waals surface area contributed by atoms with Gasteiger partial charge in [-0.1, -0.05) is 11.8 Å². The number of aromatic nitrogens is 3. The van der Waals surface area contributed by atoms with Crippen LogP contribution >= 0.6 is 23.1 Å². The largest absolute Gasteiger partial charge is 0.348 e. The van der Waals surface area contributed by atoms with Crippen LogP contribution in [0.15, 0.2) is 35.1 Å². The molecule has 0 saturated heterocycles. The van der Waals surface area contributed by atoms with E-state index in [0.29, 0.717) is 16.4 Å². The highest BCUT2D eigenvalue weighted by Crippen LogP contribution is 2.32. The molecule has 0 saturated carbocycles. The number of rotatable bonds is 8. The van der Waals surface area contributed by atoms with E-state index < -0.39 is 6.43 Å². The van der Waals surface area contributed by atoms with Crippen molar-refractivity contribution in [1.29, 1.82) is 0 Å². The molecule has 2 N–H and O–H groups in total. The Morgan fingerprint density at radius 3 is 2.89 bits per heavy atom. The molecule has 0 spiro atoms. The van der Waals surface area contributed by atoms with Gasteiger partial charge in [-0.3, -0.25) is 9.69 Å². The van der Waals surface area contributed by atoms with E-state index in [1.807, 2.05) is 25.1 Å². The average molecular weight is 412 g/mol. The van der Waals surface area contributed by atoms with Gasteiger partial charge in [-0.2, -0.15) is 0 Å². The highest BCUT2D eigenvalue weighted by molar-refractivity contribution is 8.01. The van der Waals surface area contributed by atoms with Gasteiger partial charge in [-0.25, -0.2) is 18.7 Å². The van der Waals surface area contributed by atoms with E-state index in [1.165, 1.54) is 11.3 Å². The maximum Gasteiger partial charge on any atom is 0.248 e. The topological polar surface area (TPSA) is 73.9 Å². The second-order valence-electron chi connectivity index (χ2n) is 6.11. The molecule has 1 unspecified atom stereocenters. The minimum atomic E-state index is -2.37. The van der Waals surface area contributed by atoms with Crippen molar-refractivity contribution in [2.75, 3.05) is 25.2 Å². The molecule has 2 aromatic heterocycles. The Morgan fingerprint density at radius 2 is 2.22 bits per heavy atom. The smallest absolute Gasteiger partial charge is 0.248 e. The molecule has 0 radical (unpaired) electrons. The summed E-state index contributed by atoms with van der Waals surface area (Å²) in [5, 5.41) is 2.92. The Balaban J connectivity index is 1.71. The molecule has 3 rings (SSSR count). The Labute approximate surface area is 163 Å². The van der Waals surface area contributed by atoms with Crippen molar-refractivity contribution >= 4 is 44.9 Å². The summed E-state index contributed by atoms with van der Waals surface area (Å²) < 4.78 is 26.2. The summed E-state index contributed by atoms with van der Waals surface area (Å²) in [6.07, 6.45) is 1.43. The first-order valence-electron chi connectivity index (χ1n) is 8.18. The number of thioether (sulfide) groups is 1. The van der Waals surface area contributed by atoms with E-state index in [9.17, 15) is 13.6 Å². The second-order valence-corrected chi connectivity index (χ2v) is 8.41. The first kappa shape index (κ1) is 19.7. The molecular formula is C17H19F2N5OS2. The number of carbonyl (C=O) groups is 1. The lowest BCUT2D eigenvalue weighted by atomic mass is 10.1. The molecule has 144 valence electrons. The molecule has 0 aliphatic rings. The van der Waals surface area contributed by atoms with Crippen LogP contribution in [0.5, 0.6) is 0 Å². The number of fused-ring (bicyclic) bond motifs is 1. The summed E-state index contributed by atoms with van der Waals surface area (Å²) in [4.78, 5) is 25.9. The Morgan fingerprint density at radius 1 is 1.41 bits per heavy atom. The number of anilines is 1. The number of amides is 1. The Kier molecular flexibility index (Phi) is 6.40. The molecule has 10 heteroatoms. The molecule has 0 aliphatic heterocycles. The molecule has 2 heterocycles. The number of nitrogens with one attached hydrogen (secondary N) is 2. The standard InChI is InChI=1S/C17H19F2N5OS2/c1-24(2)13(5-11-7-20-9-21-11)16(25)22-10-3-4-12-14(6-10)27-17(23-12)26-8-15(18)19/h3-4,6-7,9,13,15H,5,8H2,1-2H3,(H,20,21)(H,22,25). The van der Waals surface area contributed by atoms with Crippen LogP contribution in [0.25, 0.3) is 10.2 Å².